The van der Waals surface area contributed by atoms with Crippen molar-refractivity contribution < 1.29 is 23.9 Å². The first kappa shape index (κ1) is 20.3. The van der Waals surface area contributed by atoms with Gasteiger partial charge in [-0.25, -0.2) is 9.59 Å². The number of hydrogen-bond donors (Lipinski definition) is 2. The lowest BCUT2D eigenvalue weighted by Gasteiger charge is -2.21. The van der Waals surface area contributed by atoms with E-state index in [0.717, 1.165) is 10.5 Å². The monoisotopic (exact) mass is 351 g/mol. The van der Waals surface area contributed by atoms with Crippen molar-refractivity contribution in [3.8, 4) is 0 Å². The van der Waals surface area contributed by atoms with Gasteiger partial charge in [-0.1, -0.05) is 44.2 Å². The maximum Gasteiger partial charge on any atom is 0.410 e. The number of ether oxygens (including phenoxy) is 2. The van der Waals surface area contributed by atoms with Crippen LogP contribution in [0, 0.1) is 5.92 Å². The van der Waals surface area contributed by atoms with Crippen LogP contribution in [-0.2, 0) is 20.9 Å². The molecule has 0 unspecified atom stereocenters. The largest absolute Gasteiger partial charge is 0.449 e. The highest BCUT2D eigenvalue weighted by Gasteiger charge is 2.17. The lowest BCUT2D eigenvalue weighted by molar-refractivity contribution is -0.118. The smallest absolute Gasteiger partial charge is 0.410 e. The highest BCUT2D eigenvalue weighted by molar-refractivity contribution is 5.80. The van der Waals surface area contributed by atoms with Crippen LogP contribution in [0.2, 0.25) is 0 Å². The number of rotatable bonds is 9. The van der Waals surface area contributed by atoms with Gasteiger partial charge >= 0.3 is 12.2 Å². The molecule has 0 saturated carbocycles. The van der Waals surface area contributed by atoms with Gasteiger partial charge in [-0.2, -0.15) is 0 Å². The lowest BCUT2D eigenvalue weighted by Crippen LogP contribution is -2.43. The molecule has 0 saturated heterocycles. The molecule has 8 nitrogen and oxygen atoms in total. The molecule has 0 aliphatic carbocycles. The van der Waals surface area contributed by atoms with Crippen LogP contribution in [0.3, 0.4) is 0 Å². The van der Waals surface area contributed by atoms with Gasteiger partial charge in [-0.05, 0) is 11.5 Å². The van der Waals surface area contributed by atoms with Crippen LogP contribution >= 0.6 is 0 Å². The Labute approximate surface area is 147 Å². The minimum Gasteiger partial charge on any atom is -0.449 e. The number of amides is 3. The second-order valence-corrected chi connectivity index (χ2v) is 5.85. The molecule has 3 N–H and O–H groups in total. The molecule has 1 aromatic carbocycles. The fraction of sp³-hybridized carbons (Fsp3) is 0.471. The third-order valence-electron chi connectivity index (χ3n) is 3.01. The molecule has 8 heteroatoms. The molecule has 0 atom stereocenters. The van der Waals surface area contributed by atoms with Crippen molar-refractivity contribution in [3.63, 3.8) is 0 Å². The predicted molar refractivity (Wildman–Crippen MR) is 91.6 cm³/mol. The van der Waals surface area contributed by atoms with Gasteiger partial charge in [0.1, 0.15) is 13.2 Å². The first-order valence-electron chi connectivity index (χ1n) is 8.03. The van der Waals surface area contributed by atoms with E-state index in [1.165, 1.54) is 0 Å². The molecular weight excluding hydrogens is 326 g/mol. The summed E-state index contributed by atoms with van der Waals surface area (Å²) in [5.41, 5.74) is 5.97. The number of carbonyl (C=O) groups is 3. The first-order valence-corrected chi connectivity index (χ1v) is 8.03. The molecule has 0 bridgehead atoms. The van der Waals surface area contributed by atoms with Gasteiger partial charge in [-0.15, -0.1) is 0 Å². The number of primary amides is 1. The van der Waals surface area contributed by atoms with Gasteiger partial charge in [0.15, 0.2) is 0 Å². The van der Waals surface area contributed by atoms with Crippen LogP contribution < -0.4 is 11.1 Å². The Bertz CT molecular complexity index is 563. The third-order valence-corrected chi connectivity index (χ3v) is 3.01. The van der Waals surface area contributed by atoms with E-state index >= 15 is 0 Å². The van der Waals surface area contributed by atoms with Crippen LogP contribution in [0.15, 0.2) is 30.3 Å². The van der Waals surface area contributed by atoms with Crippen LogP contribution in [0.5, 0.6) is 0 Å². The van der Waals surface area contributed by atoms with Crippen molar-refractivity contribution in [1.82, 2.24) is 10.2 Å². The molecule has 0 aliphatic heterocycles. The van der Waals surface area contributed by atoms with Crippen LogP contribution in [0.1, 0.15) is 19.4 Å². The topological polar surface area (TPSA) is 111 Å². The van der Waals surface area contributed by atoms with Crippen LogP contribution in [0.25, 0.3) is 0 Å². The quantitative estimate of drug-likeness (QED) is 0.700. The van der Waals surface area contributed by atoms with Gasteiger partial charge in [0.2, 0.25) is 5.91 Å². The average Bonchev–Trinajstić information content (AvgIpc) is 2.57. The zero-order valence-corrected chi connectivity index (χ0v) is 14.6. The van der Waals surface area contributed by atoms with E-state index in [1.54, 1.807) is 0 Å². The van der Waals surface area contributed by atoms with E-state index < -0.39 is 18.1 Å². The van der Waals surface area contributed by atoms with Gasteiger partial charge in [0.25, 0.3) is 0 Å². The van der Waals surface area contributed by atoms with E-state index in [-0.39, 0.29) is 32.2 Å². The summed E-state index contributed by atoms with van der Waals surface area (Å²) >= 11 is 0. The molecule has 3 amide bonds. The Hall–Kier alpha value is -2.77. The van der Waals surface area contributed by atoms with Crippen LogP contribution in [-0.4, -0.2) is 49.2 Å². The summed E-state index contributed by atoms with van der Waals surface area (Å²) in [6, 6.07) is 9.15. The Morgan fingerprint density at radius 2 is 1.84 bits per heavy atom. The maximum atomic E-state index is 12.1. The Balaban J connectivity index is 2.43. The summed E-state index contributed by atoms with van der Waals surface area (Å²) in [6.07, 6.45) is -1.26. The molecule has 1 rings (SSSR count). The minimum atomic E-state index is -0.681. The summed E-state index contributed by atoms with van der Waals surface area (Å²) < 4.78 is 10.1. The highest BCUT2D eigenvalue weighted by atomic mass is 16.6. The van der Waals surface area contributed by atoms with E-state index in [1.807, 2.05) is 44.2 Å². The fourth-order valence-corrected chi connectivity index (χ4v) is 1.82. The maximum absolute atomic E-state index is 12.1. The van der Waals surface area contributed by atoms with Crippen molar-refractivity contribution in [2.75, 3.05) is 26.2 Å². The van der Waals surface area contributed by atoms with Crippen LogP contribution in [0.4, 0.5) is 9.59 Å². The summed E-state index contributed by atoms with van der Waals surface area (Å²) in [5, 5.41) is 2.51. The zero-order chi connectivity index (χ0) is 18.7. The Morgan fingerprint density at radius 1 is 1.16 bits per heavy atom. The molecule has 0 aromatic heterocycles. The second-order valence-electron chi connectivity index (χ2n) is 5.85. The fourth-order valence-electron chi connectivity index (χ4n) is 1.82. The molecule has 138 valence electrons. The standard InChI is InChI=1S/C17H25N3O5/c1-13(2)11-24-16(22)19-8-9-20(10-15(18)21)17(23)25-12-14-6-4-3-5-7-14/h3-7,13H,8-12H2,1-2H3,(H2,18,21)(H,19,22). The van der Waals surface area contributed by atoms with Gasteiger partial charge < -0.3 is 20.5 Å². The number of hydrogen-bond acceptors (Lipinski definition) is 5. The van der Waals surface area contributed by atoms with Crippen molar-refractivity contribution in [2.24, 2.45) is 11.7 Å². The average molecular weight is 351 g/mol. The van der Waals surface area contributed by atoms with Crippen molar-refractivity contribution >= 4 is 18.1 Å². The van der Waals surface area contributed by atoms with Gasteiger partial charge in [-0.3, -0.25) is 9.69 Å². The molecular formula is C17H25N3O5. The minimum absolute atomic E-state index is 0.0767. The summed E-state index contributed by atoms with van der Waals surface area (Å²) in [4.78, 5) is 35.8. The number of nitrogens with zero attached hydrogens (tertiary/aromatic N) is 1. The number of carbonyl (C=O) groups excluding carboxylic acids is 3. The van der Waals surface area contributed by atoms with E-state index in [4.69, 9.17) is 15.2 Å². The molecule has 0 aliphatic rings. The first-order chi connectivity index (χ1) is 11.9. The number of alkyl carbamates (subject to hydrolysis) is 1. The number of benzene rings is 1. The number of nitrogens with two attached hydrogens (primary N) is 1. The SMILES string of the molecule is CC(C)COC(=O)NCCN(CC(N)=O)C(=O)OCc1ccccc1. The zero-order valence-electron chi connectivity index (χ0n) is 14.6. The lowest BCUT2D eigenvalue weighted by atomic mass is 10.2. The Kier molecular flexibility index (Phi) is 8.84. The van der Waals surface area contributed by atoms with Crippen molar-refractivity contribution in [1.29, 1.82) is 0 Å². The summed E-state index contributed by atoms with van der Waals surface area (Å²) in [7, 11) is 0. The molecule has 0 fully saturated rings. The van der Waals surface area contributed by atoms with Crippen molar-refractivity contribution in [3.05, 3.63) is 35.9 Å². The third kappa shape index (κ3) is 9.19. The second kappa shape index (κ2) is 10.9. The van der Waals surface area contributed by atoms with E-state index in [2.05, 4.69) is 5.32 Å². The van der Waals surface area contributed by atoms with E-state index in [0.29, 0.717) is 6.61 Å². The summed E-state index contributed by atoms with van der Waals surface area (Å²) in [6.45, 7) is 4.12. The van der Waals surface area contributed by atoms with Gasteiger partial charge in [0.05, 0.1) is 6.61 Å². The molecule has 1 aromatic rings. The Morgan fingerprint density at radius 3 is 2.44 bits per heavy atom. The molecule has 0 heterocycles. The molecule has 0 spiro atoms. The molecule has 0 radical (unpaired) electrons. The van der Waals surface area contributed by atoms with Gasteiger partial charge in [0, 0.05) is 13.1 Å². The summed E-state index contributed by atoms with van der Waals surface area (Å²) in [5.74, 6) is -0.441. The predicted octanol–water partition coefficient (Wildman–Crippen LogP) is 1.49. The molecule has 25 heavy (non-hydrogen) atoms. The number of nitrogens with one attached hydrogen (secondary N) is 1. The highest BCUT2D eigenvalue weighted by Crippen LogP contribution is 2.03. The van der Waals surface area contributed by atoms with Crippen molar-refractivity contribution in [2.45, 2.75) is 20.5 Å². The van der Waals surface area contributed by atoms with E-state index in [9.17, 15) is 14.4 Å². The normalized spacial score (nSPS) is 10.2.